The number of nitrogens with two attached hydrogens (primary N) is 1. The van der Waals surface area contributed by atoms with Gasteiger partial charge < -0.3 is 11.1 Å². The van der Waals surface area contributed by atoms with E-state index in [1.165, 1.54) is 11.8 Å². The van der Waals surface area contributed by atoms with Crippen molar-refractivity contribution in [3.8, 4) is 6.07 Å². The van der Waals surface area contributed by atoms with Crippen LogP contribution in [-0.2, 0) is 4.79 Å². The van der Waals surface area contributed by atoms with Gasteiger partial charge in [0.1, 0.15) is 6.07 Å². The maximum absolute atomic E-state index is 11.9. The van der Waals surface area contributed by atoms with Crippen molar-refractivity contribution < 1.29 is 4.79 Å². The molecule has 0 saturated carbocycles. The van der Waals surface area contributed by atoms with E-state index in [1.807, 2.05) is 31.2 Å². The van der Waals surface area contributed by atoms with E-state index < -0.39 is 0 Å². The Bertz CT molecular complexity index is 707. The van der Waals surface area contributed by atoms with Crippen molar-refractivity contribution in [2.45, 2.75) is 11.8 Å². The zero-order valence-corrected chi connectivity index (χ0v) is 12.4. The number of nitrogen functional groups attached to an aromatic ring is 1. The second-order valence-corrected chi connectivity index (χ2v) is 5.55. The lowest BCUT2D eigenvalue weighted by Gasteiger charge is -2.08. The lowest BCUT2D eigenvalue weighted by molar-refractivity contribution is -0.113. The molecule has 0 aliphatic heterocycles. The van der Waals surface area contributed by atoms with Crippen LogP contribution < -0.4 is 11.1 Å². The monoisotopic (exact) mass is 297 g/mol. The van der Waals surface area contributed by atoms with Gasteiger partial charge in [0.2, 0.25) is 5.91 Å². The number of nitriles is 1. The molecule has 3 N–H and O–H groups in total. The third-order valence-electron chi connectivity index (χ3n) is 2.85. The van der Waals surface area contributed by atoms with Gasteiger partial charge in [0.15, 0.2) is 0 Å². The Kier molecular flexibility index (Phi) is 4.85. The van der Waals surface area contributed by atoms with Crippen LogP contribution in [0.1, 0.15) is 11.1 Å². The number of rotatable bonds is 4. The maximum Gasteiger partial charge on any atom is 0.234 e. The van der Waals surface area contributed by atoms with Crippen molar-refractivity contribution in [2.24, 2.45) is 0 Å². The van der Waals surface area contributed by atoms with Crippen molar-refractivity contribution in [3.05, 3.63) is 53.6 Å². The molecule has 2 aromatic rings. The van der Waals surface area contributed by atoms with Crippen LogP contribution in [0.15, 0.2) is 47.4 Å². The second kappa shape index (κ2) is 6.82. The van der Waals surface area contributed by atoms with Crippen molar-refractivity contribution in [2.75, 3.05) is 16.8 Å². The SMILES string of the molecule is Cc1ccc(SCC(=O)Nc2ccccc2C#N)c(N)c1. The molecule has 0 spiro atoms. The topological polar surface area (TPSA) is 78.9 Å². The molecule has 0 aliphatic rings. The first-order valence-corrected chi connectivity index (χ1v) is 7.36. The van der Waals surface area contributed by atoms with Gasteiger partial charge in [-0.1, -0.05) is 18.2 Å². The first-order valence-electron chi connectivity index (χ1n) is 6.38. The van der Waals surface area contributed by atoms with E-state index in [9.17, 15) is 4.79 Å². The summed E-state index contributed by atoms with van der Waals surface area (Å²) in [5, 5.41) is 11.7. The third kappa shape index (κ3) is 4.01. The first-order chi connectivity index (χ1) is 10.1. The molecule has 0 saturated heterocycles. The summed E-state index contributed by atoms with van der Waals surface area (Å²) in [6.45, 7) is 1.97. The fourth-order valence-corrected chi connectivity index (χ4v) is 2.57. The number of benzene rings is 2. The average molecular weight is 297 g/mol. The summed E-state index contributed by atoms with van der Waals surface area (Å²) >= 11 is 1.38. The predicted molar refractivity (Wildman–Crippen MR) is 86.1 cm³/mol. The van der Waals surface area contributed by atoms with Crippen LogP contribution in [-0.4, -0.2) is 11.7 Å². The quantitative estimate of drug-likeness (QED) is 0.671. The Morgan fingerprint density at radius 1 is 1.33 bits per heavy atom. The summed E-state index contributed by atoms with van der Waals surface area (Å²) in [6.07, 6.45) is 0. The van der Waals surface area contributed by atoms with Crippen LogP contribution in [0.2, 0.25) is 0 Å². The number of nitrogens with one attached hydrogen (secondary N) is 1. The van der Waals surface area contributed by atoms with Crippen molar-refractivity contribution in [1.29, 1.82) is 5.26 Å². The number of thioether (sulfide) groups is 1. The molecule has 4 nitrogen and oxygen atoms in total. The minimum atomic E-state index is -0.164. The molecular weight excluding hydrogens is 282 g/mol. The Balaban J connectivity index is 1.98. The lowest BCUT2D eigenvalue weighted by atomic mass is 10.2. The molecular formula is C16H15N3OS. The highest BCUT2D eigenvalue weighted by Gasteiger charge is 2.08. The molecule has 106 valence electrons. The van der Waals surface area contributed by atoms with Gasteiger partial charge in [-0.15, -0.1) is 11.8 Å². The van der Waals surface area contributed by atoms with Gasteiger partial charge in [-0.3, -0.25) is 4.79 Å². The molecule has 0 bridgehead atoms. The van der Waals surface area contributed by atoms with E-state index in [0.29, 0.717) is 16.9 Å². The number of carbonyl (C=O) groups is 1. The summed E-state index contributed by atoms with van der Waals surface area (Å²) in [5.41, 5.74) is 8.65. The first kappa shape index (κ1) is 14.9. The maximum atomic E-state index is 11.9. The molecule has 0 aromatic heterocycles. The van der Waals surface area contributed by atoms with Crippen LogP contribution in [0.25, 0.3) is 0 Å². The molecule has 0 radical (unpaired) electrons. The fraction of sp³-hybridized carbons (Fsp3) is 0.125. The van der Waals surface area contributed by atoms with Crippen LogP contribution in [0.5, 0.6) is 0 Å². The molecule has 1 amide bonds. The smallest absolute Gasteiger partial charge is 0.234 e. The summed E-state index contributed by atoms with van der Waals surface area (Å²) in [4.78, 5) is 12.8. The van der Waals surface area contributed by atoms with Crippen LogP contribution >= 0.6 is 11.8 Å². The number of carbonyl (C=O) groups excluding carboxylic acids is 1. The molecule has 2 rings (SSSR count). The predicted octanol–water partition coefficient (Wildman–Crippen LogP) is 3.18. The third-order valence-corrected chi connectivity index (χ3v) is 3.93. The van der Waals surface area contributed by atoms with Gasteiger partial charge in [-0.2, -0.15) is 5.26 Å². The number of anilines is 2. The molecule has 0 unspecified atom stereocenters. The van der Waals surface area contributed by atoms with Crippen molar-refractivity contribution >= 4 is 29.0 Å². The van der Waals surface area contributed by atoms with Crippen LogP contribution in [0, 0.1) is 18.3 Å². The Labute approximate surface area is 128 Å². The highest BCUT2D eigenvalue weighted by atomic mass is 32.2. The molecule has 5 heteroatoms. The number of aryl methyl sites for hydroxylation is 1. The summed E-state index contributed by atoms with van der Waals surface area (Å²) in [7, 11) is 0. The number of hydrogen-bond donors (Lipinski definition) is 2. The number of para-hydroxylation sites is 1. The van der Waals surface area contributed by atoms with Crippen molar-refractivity contribution in [3.63, 3.8) is 0 Å². The van der Waals surface area contributed by atoms with Gasteiger partial charge in [0.25, 0.3) is 0 Å². The molecule has 0 atom stereocenters. The molecule has 21 heavy (non-hydrogen) atoms. The van der Waals surface area contributed by atoms with Gasteiger partial charge in [-0.25, -0.2) is 0 Å². The van der Waals surface area contributed by atoms with Gasteiger partial charge in [0.05, 0.1) is 17.0 Å². The Morgan fingerprint density at radius 2 is 2.10 bits per heavy atom. The number of nitrogens with zero attached hydrogens (tertiary/aromatic N) is 1. The molecule has 0 aliphatic carbocycles. The van der Waals surface area contributed by atoms with Gasteiger partial charge >= 0.3 is 0 Å². The number of amides is 1. The molecule has 0 fully saturated rings. The normalized spacial score (nSPS) is 9.90. The summed E-state index contributed by atoms with van der Waals surface area (Å²) < 4.78 is 0. The largest absolute Gasteiger partial charge is 0.398 e. The highest BCUT2D eigenvalue weighted by molar-refractivity contribution is 8.00. The number of hydrogen-bond acceptors (Lipinski definition) is 4. The van der Waals surface area contributed by atoms with Crippen LogP contribution in [0.3, 0.4) is 0 Å². The highest BCUT2D eigenvalue weighted by Crippen LogP contribution is 2.26. The molecule has 2 aromatic carbocycles. The zero-order chi connectivity index (χ0) is 15.2. The Hall–Kier alpha value is -2.45. The van der Waals surface area contributed by atoms with E-state index in [1.54, 1.807) is 24.3 Å². The van der Waals surface area contributed by atoms with Crippen molar-refractivity contribution in [1.82, 2.24) is 0 Å². The van der Waals surface area contributed by atoms with Crippen LogP contribution in [0.4, 0.5) is 11.4 Å². The zero-order valence-electron chi connectivity index (χ0n) is 11.6. The minimum absolute atomic E-state index is 0.164. The summed E-state index contributed by atoms with van der Waals surface area (Å²) in [5.74, 6) is 0.0789. The Morgan fingerprint density at radius 3 is 2.81 bits per heavy atom. The minimum Gasteiger partial charge on any atom is -0.398 e. The second-order valence-electron chi connectivity index (χ2n) is 4.54. The molecule has 0 heterocycles. The summed E-state index contributed by atoms with van der Waals surface area (Å²) in [6, 6.07) is 14.7. The van der Waals surface area contributed by atoms with Gasteiger partial charge in [0, 0.05) is 10.6 Å². The fourth-order valence-electron chi connectivity index (χ4n) is 1.82. The van der Waals surface area contributed by atoms with E-state index in [0.717, 1.165) is 10.5 Å². The van der Waals surface area contributed by atoms with Gasteiger partial charge in [-0.05, 0) is 36.8 Å². The van der Waals surface area contributed by atoms with E-state index in [-0.39, 0.29) is 11.7 Å². The average Bonchev–Trinajstić information content (AvgIpc) is 2.47. The van der Waals surface area contributed by atoms with E-state index >= 15 is 0 Å². The standard InChI is InChI=1S/C16H15N3OS/c1-11-6-7-15(13(18)8-11)21-10-16(20)19-14-5-3-2-4-12(14)9-17/h2-8H,10,18H2,1H3,(H,19,20). The lowest BCUT2D eigenvalue weighted by Crippen LogP contribution is -2.15. The van der Waals surface area contributed by atoms with E-state index in [4.69, 9.17) is 11.0 Å². The van der Waals surface area contributed by atoms with E-state index in [2.05, 4.69) is 5.32 Å².